The fourth-order valence-electron chi connectivity index (χ4n) is 2.48. The molecule has 2 rings (SSSR count). The van der Waals surface area contributed by atoms with Crippen LogP contribution in [0, 0.1) is 5.92 Å². The van der Waals surface area contributed by atoms with E-state index in [2.05, 4.69) is 41.9 Å². The van der Waals surface area contributed by atoms with Gasteiger partial charge in [-0.3, -0.25) is 4.79 Å². The van der Waals surface area contributed by atoms with Crippen LogP contribution in [0.5, 0.6) is 0 Å². The van der Waals surface area contributed by atoms with Crippen LogP contribution < -0.4 is 0 Å². The van der Waals surface area contributed by atoms with Gasteiger partial charge in [-0.05, 0) is 42.4 Å². The van der Waals surface area contributed by atoms with Crippen molar-refractivity contribution in [1.82, 2.24) is 4.90 Å². The Morgan fingerprint density at radius 3 is 2.32 bits per heavy atom. The summed E-state index contributed by atoms with van der Waals surface area (Å²) in [6, 6.07) is 8.08. The highest BCUT2D eigenvalue weighted by Gasteiger charge is 2.22. The second kappa shape index (κ2) is 6.56. The zero-order valence-electron chi connectivity index (χ0n) is 11.7. The molecular weight excluding hydrogens is 302 g/mol. The van der Waals surface area contributed by atoms with Gasteiger partial charge in [-0.25, -0.2) is 0 Å². The Balaban J connectivity index is 2.00. The molecule has 1 aromatic carbocycles. The summed E-state index contributed by atoms with van der Waals surface area (Å²) in [6.07, 6.45) is 2.22. The second-order valence-electron chi connectivity index (χ2n) is 5.67. The van der Waals surface area contributed by atoms with E-state index >= 15 is 0 Å². The molecule has 19 heavy (non-hydrogen) atoms. The van der Waals surface area contributed by atoms with E-state index in [1.807, 2.05) is 17.0 Å². The third-order valence-corrected chi connectivity index (χ3v) is 4.86. The van der Waals surface area contributed by atoms with Crippen molar-refractivity contribution in [2.45, 2.75) is 32.6 Å². The van der Waals surface area contributed by atoms with Gasteiger partial charge in [0.2, 0.25) is 0 Å². The molecule has 1 heterocycles. The van der Waals surface area contributed by atoms with Gasteiger partial charge in [0.25, 0.3) is 5.91 Å². The highest BCUT2D eigenvalue weighted by molar-refractivity contribution is 9.09. The van der Waals surface area contributed by atoms with Crippen LogP contribution in [-0.2, 0) is 0 Å². The van der Waals surface area contributed by atoms with Gasteiger partial charge in [-0.15, -0.1) is 0 Å². The molecule has 104 valence electrons. The number of piperidine rings is 1. The molecule has 1 aliphatic rings. The summed E-state index contributed by atoms with van der Waals surface area (Å²) in [6.45, 7) is 6.12. The number of likely N-dealkylation sites (tertiary alicyclic amines) is 1. The van der Waals surface area contributed by atoms with Crippen LogP contribution in [0.3, 0.4) is 0 Å². The van der Waals surface area contributed by atoms with Crippen molar-refractivity contribution in [3.8, 4) is 0 Å². The number of halogens is 1. The summed E-state index contributed by atoms with van der Waals surface area (Å²) in [5.41, 5.74) is 2.11. The summed E-state index contributed by atoms with van der Waals surface area (Å²) in [7, 11) is 0. The topological polar surface area (TPSA) is 20.3 Å². The van der Waals surface area contributed by atoms with Gasteiger partial charge in [0.05, 0.1) is 0 Å². The zero-order chi connectivity index (χ0) is 13.8. The Bertz CT molecular complexity index is 419. The van der Waals surface area contributed by atoms with E-state index in [-0.39, 0.29) is 5.91 Å². The predicted octanol–water partition coefficient (Wildman–Crippen LogP) is 4.06. The number of rotatable bonds is 3. The minimum atomic E-state index is 0.184. The van der Waals surface area contributed by atoms with Crippen molar-refractivity contribution in [3.63, 3.8) is 0 Å². The van der Waals surface area contributed by atoms with Crippen molar-refractivity contribution in [3.05, 3.63) is 35.4 Å². The predicted molar refractivity (Wildman–Crippen MR) is 83.0 cm³/mol. The first-order valence-corrected chi connectivity index (χ1v) is 8.19. The van der Waals surface area contributed by atoms with Crippen LogP contribution in [0.4, 0.5) is 0 Å². The van der Waals surface area contributed by atoms with Crippen molar-refractivity contribution in [1.29, 1.82) is 0 Å². The molecule has 1 fully saturated rings. The lowest BCUT2D eigenvalue weighted by Gasteiger charge is -2.31. The number of nitrogens with zero attached hydrogens (tertiary/aromatic N) is 1. The van der Waals surface area contributed by atoms with Crippen LogP contribution in [0.1, 0.15) is 48.5 Å². The summed E-state index contributed by atoms with van der Waals surface area (Å²) in [5.74, 6) is 1.43. The Labute approximate surface area is 124 Å². The molecule has 2 nitrogen and oxygen atoms in total. The van der Waals surface area contributed by atoms with Gasteiger partial charge in [-0.2, -0.15) is 0 Å². The van der Waals surface area contributed by atoms with Gasteiger partial charge in [0, 0.05) is 24.0 Å². The summed E-state index contributed by atoms with van der Waals surface area (Å²) < 4.78 is 0. The van der Waals surface area contributed by atoms with E-state index in [4.69, 9.17) is 0 Å². The lowest BCUT2D eigenvalue weighted by molar-refractivity contribution is 0.0699. The lowest BCUT2D eigenvalue weighted by Crippen LogP contribution is -2.38. The SMILES string of the molecule is CC(C)c1ccc(C(=O)N2CCC(CBr)CC2)cc1. The number of carbonyl (C=O) groups excluding carboxylic acids is 1. The van der Waals surface area contributed by atoms with E-state index in [1.165, 1.54) is 5.56 Å². The molecule has 0 saturated carbocycles. The van der Waals surface area contributed by atoms with Crippen LogP contribution >= 0.6 is 15.9 Å². The average Bonchev–Trinajstić information content (AvgIpc) is 2.46. The number of carbonyl (C=O) groups is 1. The fourth-order valence-corrected chi connectivity index (χ4v) is 3.13. The third kappa shape index (κ3) is 3.59. The normalized spacial score (nSPS) is 16.9. The number of amides is 1. The van der Waals surface area contributed by atoms with E-state index in [0.29, 0.717) is 5.92 Å². The summed E-state index contributed by atoms with van der Waals surface area (Å²) >= 11 is 3.53. The van der Waals surface area contributed by atoms with E-state index < -0.39 is 0 Å². The Morgan fingerprint density at radius 2 is 1.84 bits per heavy atom. The number of benzene rings is 1. The largest absolute Gasteiger partial charge is 0.339 e. The summed E-state index contributed by atoms with van der Waals surface area (Å²) in [5, 5.41) is 1.05. The molecule has 0 radical (unpaired) electrons. The van der Waals surface area contributed by atoms with Crippen LogP contribution in [0.2, 0.25) is 0 Å². The van der Waals surface area contributed by atoms with Crippen LogP contribution in [-0.4, -0.2) is 29.2 Å². The van der Waals surface area contributed by atoms with E-state index in [0.717, 1.165) is 42.7 Å². The summed E-state index contributed by atoms with van der Waals surface area (Å²) in [4.78, 5) is 14.4. The molecule has 0 spiro atoms. The minimum absolute atomic E-state index is 0.184. The molecule has 0 aliphatic carbocycles. The molecule has 0 N–H and O–H groups in total. The van der Waals surface area contributed by atoms with Gasteiger partial charge >= 0.3 is 0 Å². The van der Waals surface area contributed by atoms with Crippen LogP contribution in [0.15, 0.2) is 24.3 Å². The lowest BCUT2D eigenvalue weighted by atomic mass is 9.98. The fraction of sp³-hybridized carbons (Fsp3) is 0.562. The molecule has 1 amide bonds. The van der Waals surface area contributed by atoms with Gasteiger partial charge in [0.15, 0.2) is 0 Å². The van der Waals surface area contributed by atoms with Crippen molar-refractivity contribution < 1.29 is 4.79 Å². The molecule has 1 saturated heterocycles. The highest BCUT2D eigenvalue weighted by atomic mass is 79.9. The smallest absolute Gasteiger partial charge is 0.253 e. The van der Waals surface area contributed by atoms with Gasteiger partial charge < -0.3 is 4.90 Å². The maximum absolute atomic E-state index is 12.4. The first kappa shape index (κ1) is 14.6. The van der Waals surface area contributed by atoms with Gasteiger partial charge in [0.1, 0.15) is 0 Å². The highest BCUT2D eigenvalue weighted by Crippen LogP contribution is 2.21. The van der Waals surface area contributed by atoms with Crippen LogP contribution in [0.25, 0.3) is 0 Å². The third-order valence-electron chi connectivity index (χ3n) is 3.94. The zero-order valence-corrected chi connectivity index (χ0v) is 13.3. The average molecular weight is 324 g/mol. The number of alkyl halides is 1. The first-order chi connectivity index (χ1) is 9.11. The van der Waals surface area contributed by atoms with Crippen molar-refractivity contribution in [2.75, 3.05) is 18.4 Å². The maximum Gasteiger partial charge on any atom is 0.253 e. The van der Waals surface area contributed by atoms with Gasteiger partial charge in [-0.1, -0.05) is 41.9 Å². The Kier molecular flexibility index (Phi) is 5.03. The van der Waals surface area contributed by atoms with Crippen molar-refractivity contribution in [2.24, 2.45) is 5.92 Å². The second-order valence-corrected chi connectivity index (χ2v) is 6.31. The Hall–Kier alpha value is -0.830. The standard InChI is InChI=1S/C16H22BrNO/c1-12(2)14-3-5-15(6-4-14)16(19)18-9-7-13(11-17)8-10-18/h3-6,12-13H,7-11H2,1-2H3. The quantitative estimate of drug-likeness (QED) is 0.768. The van der Waals surface area contributed by atoms with E-state index in [9.17, 15) is 4.79 Å². The Morgan fingerprint density at radius 1 is 1.26 bits per heavy atom. The molecule has 3 heteroatoms. The minimum Gasteiger partial charge on any atom is -0.339 e. The molecule has 0 aromatic heterocycles. The first-order valence-electron chi connectivity index (χ1n) is 7.07. The molecule has 1 aromatic rings. The molecule has 0 atom stereocenters. The van der Waals surface area contributed by atoms with E-state index in [1.54, 1.807) is 0 Å². The number of hydrogen-bond donors (Lipinski definition) is 0. The molecule has 1 aliphatic heterocycles. The van der Waals surface area contributed by atoms with Crippen molar-refractivity contribution >= 4 is 21.8 Å². The molecule has 0 bridgehead atoms. The maximum atomic E-state index is 12.4. The number of hydrogen-bond acceptors (Lipinski definition) is 1. The molecule has 0 unspecified atom stereocenters. The monoisotopic (exact) mass is 323 g/mol. The molecular formula is C16H22BrNO.